The number of rotatable bonds is 8. The predicted octanol–water partition coefficient (Wildman–Crippen LogP) is 1.20. The normalized spacial score (nSPS) is 11.6. The van der Waals surface area contributed by atoms with Crippen LogP contribution in [-0.2, 0) is 29.5 Å². The van der Waals surface area contributed by atoms with Gasteiger partial charge in [0.2, 0.25) is 10.0 Å². The predicted molar refractivity (Wildman–Crippen MR) is 118 cm³/mol. The van der Waals surface area contributed by atoms with E-state index in [9.17, 15) is 8.42 Å². The fourth-order valence-corrected chi connectivity index (χ4v) is 3.01. The number of aliphatic imine (C=N–C) groups is 1. The van der Waals surface area contributed by atoms with Crippen LogP contribution in [0.3, 0.4) is 0 Å². The van der Waals surface area contributed by atoms with Crippen LogP contribution in [0.25, 0.3) is 0 Å². The highest BCUT2D eigenvalue weighted by molar-refractivity contribution is 14.0. The summed E-state index contributed by atoms with van der Waals surface area (Å²) in [5.41, 5.74) is 1.38. The molecule has 27 heavy (non-hydrogen) atoms. The summed E-state index contributed by atoms with van der Waals surface area (Å²) in [6.07, 6.45) is 3.67. The van der Waals surface area contributed by atoms with E-state index in [1.54, 1.807) is 25.5 Å². The van der Waals surface area contributed by atoms with Gasteiger partial charge >= 0.3 is 0 Å². The van der Waals surface area contributed by atoms with Crippen molar-refractivity contribution in [2.45, 2.75) is 26.4 Å². The number of para-hydroxylation sites is 1. The summed E-state index contributed by atoms with van der Waals surface area (Å²) in [5.74, 6) is 1.57. The van der Waals surface area contributed by atoms with Gasteiger partial charge in [0, 0.05) is 33.1 Å². The molecule has 1 heterocycles. The number of guanidine groups is 1. The average molecular weight is 507 g/mol. The molecule has 0 amide bonds. The SMILES string of the molecule is CCc1nncn1CCNC(=NC)NCc1ccccc1NS(C)(=O)=O.I. The number of sulfonamides is 1. The quantitative estimate of drug-likeness (QED) is 0.281. The summed E-state index contributed by atoms with van der Waals surface area (Å²) in [6.45, 7) is 3.86. The van der Waals surface area contributed by atoms with Gasteiger partial charge in [-0.25, -0.2) is 8.42 Å². The topological polar surface area (TPSA) is 113 Å². The highest BCUT2D eigenvalue weighted by Crippen LogP contribution is 2.15. The summed E-state index contributed by atoms with van der Waals surface area (Å²) in [6, 6.07) is 7.23. The molecule has 0 aliphatic heterocycles. The van der Waals surface area contributed by atoms with E-state index < -0.39 is 10.0 Å². The molecule has 0 bridgehead atoms. The molecule has 9 nitrogen and oxygen atoms in total. The number of anilines is 1. The second-order valence-corrected chi connectivity index (χ2v) is 7.43. The van der Waals surface area contributed by atoms with Crippen LogP contribution in [0.4, 0.5) is 5.69 Å². The van der Waals surface area contributed by atoms with Crippen LogP contribution in [-0.4, -0.2) is 49.0 Å². The number of hydrogen-bond acceptors (Lipinski definition) is 5. The molecule has 2 rings (SSSR count). The van der Waals surface area contributed by atoms with E-state index in [1.807, 2.05) is 23.6 Å². The highest BCUT2D eigenvalue weighted by atomic mass is 127. The van der Waals surface area contributed by atoms with Gasteiger partial charge in [-0.3, -0.25) is 9.71 Å². The summed E-state index contributed by atoms with van der Waals surface area (Å²) < 4.78 is 27.5. The smallest absolute Gasteiger partial charge is 0.229 e. The summed E-state index contributed by atoms with van der Waals surface area (Å²) >= 11 is 0. The second kappa shape index (κ2) is 11.1. The number of hydrogen-bond donors (Lipinski definition) is 3. The Morgan fingerprint density at radius 2 is 2.00 bits per heavy atom. The average Bonchev–Trinajstić information content (AvgIpc) is 3.05. The Kier molecular flexibility index (Phi) is 9.49. The molecule has 0 saturated carbocycles. The number of nitrogens with one attached hydrogen (secondary N) is 3. The van der Waals surface area contributed by atoms with E-state index in [0.29, 0.717) is 24.7 Å². The minimum absolute atomic E-state index is 0. The summed E-state index contributed by atoms with van der Waals surface area (Å²) in [5, 5.41) is 14.4. The van der Waals surface area contributed by atoms with Crippen molar-refractivity contribution in [2.75, 3.05) is 24.6 Å². The molecule has 0 unspecified atom stereocenters. The number of aromatic nitrogens is 3. The lowest BCUT2D eigenvalue weighted by Gasteiger charge is -2.15. The second-order valence-electron chi connectivity index (χ2n) is 5.68. The van der Waals surface area contributed by atoms with Crippen molar-refractivity contribution in [1.29, 1.82) is 0 Å². The van der Waals surface area contributed by atoms with Crippen molar-refractivity contribution in [2.24, 2.45) is 4.99 Å². The fraction of sp³-hybridized carbons (Fsp3) is 0.438. The van der Waals surface area contributed by atoms with E-state index in [-0.39, 0.29) is 24.0 Å². The first-order chi connectivity index (χ1) is 12.4. The molecule has 3 N–H and O–H groups in total. The molecule has 0 aliphatic carbocycles. The zero-order valence-corrected chi connectivity index (χ0v) is 18.8. The van der Waals surface area contributed by atoms with Crippen molar-refractivity contribution in [3.05, 3.63) is 42.0 Å². The van der Waals surface area contributed by atoms with Gasteiger partial charge in [-0.1, -0.05) is 25.1 Å². The lowest BCUT2D eigenvalue weighted by atomic mass is 10.2. The molecule has 2 aromatic rings. The van der Waals surface area contributed by atoms with Gasteiger partial charge in [-0.2, -0.15) is 0 Å². The molecule has 0 fully saturated rings. The third-order valence-corrected chi connectivity index (χ3v) is 4.23. The molecule has 0 saturated heterocycles. The minimum Gasteiger partial charge on any atom is -0.355 e. The first-order valence-electron chi connectivity index (χ1n) is 8.30. The van der Waals surface area contributed by atoms with Crippen LogP contribution in [0.5, 0.6) is 0 Å². The maximum atomic E-state index is 11.5. The Hall–Kier alpha value is -1.89. The van der Waals surface area contributed by atoms with Gasteiger partial charge in [0.05, 0.1) is 11.9 Å². The van der Waals surface area contributed by atoms with Gasteiger partial charge in [0.25, 0.3) is 0 Å². The van der Waals surface area contributed by atoms with E-state index in [4.69, 9.17) is 0 Å². The Balaban J connectivity index is 0.00000364. The van der Waals surface area contributed by atoms with Crippen LogP contribution in [0.2, 0.25) is 0 Å². The lowest BCUT2D eigenvalue weighted by molar-refractivity contribution is 0.606. The molecule has 1 aromatic carbocycles. The van der Waals surface area contributed by atoms with E-state index in [2.05, 4.69) is 30.5 Å². The molecular weight excluding hydrogens is 481 g/mol. The molecule has 1 aromatic heterocycles. The largest absolute Gasteiger partial charge is 0.355 e. The number of halogens is 1. The lowest BCUT2D eigenvalue weighted by Crippen LogP contribution is -2.38. The van der Waals surface area contributed by atoms with Crippen LogP contribution in [0, 0.1) is 0 Å². The zero-order chi connectivity index (χ0) is 19.0. The Morgan fingerprint density at radius 1 is 1.26 bits per heavy atom. The zero-order valence-electron chi connectivity index (χ0n) is 15.6. The van der Waals surface area contributed by atoms with Crippen LogP contribution >= 0.6 is 24.0 Å². The number of nitrogens with zero attached hydrogens (tertiary/aromatic N) is 4. The van der Waals surface area contributed by atoms with Crippen molar-refractivity contribution < 1.29 is 8.42 Å². The van der Waals surface area contributed by atoms with Gasteiger partial charge < -0.3 is 15.2 Å². The van der Waals surface area contributed by atoms with Gasteiger partial charge in [-0.15, -0.1) is 34.2 Å². The van der Waals surface area contributed by atoms with Crippen LogP contribution < -0.4 is 15.4 Å². The van der Waals surface area contributed by atoms with E-state index >= 15 is 0 Å². The molecule has 11 heteroatoms. The first-order valence-corrected chi connectivity index (χ1v) is 10.2. The standard InChI is InChI=1S/C16H25N7O2S.HI/c1-4-15-21-20-12-23(15)10-9-18-16(17-2)19-11-13-7-5-6-8-14(13)22-26(3,24)25;/h5-8,12,22H,4,9-11H2,1-3H3,(H2,17,18,19);1H. The molecule has 0 spiro atoms. The Morgan fingerprint density at radius 3 is 2.67 bits per heavy atom. The van der Waals surface area contributed by atoms with Crippen molar-refractivity contribution >= 4 is 45.6 Å². The van der Waals surface area contributed by atoms with Crippen molar-refractivity contribution in [3.8, 4) is 0 Å². The maximum absolute atomic E-state index is 11.5. The summed E-state index contributed by atoms with van der Waals surface area (Å²) in [4.78, 5) is 4.18. The van der Waals surface area contributed by atoms with Crippen molar-refractivity contribution in [1.82, 2.24) is 25.4 Å². The third-order valence-electron chi connectivity index (χ3n) is 3.64. The molecule has 0 aliphatic rings. The molecule has 150 valence electrons. The van der Waals surface area contributed by atoms with E-state index in [0.717, 1.165) is 30.6 Å². The highest BCUT2D eigenvalue weighted by Gasteiger charge is 2.08. The molecular formula is C16H26IN7O2S. The fourth-order valence-electron chi connectivity index (χ4n) is 2.41. The van der Waals surface area contributed by atoms with Gasteiger partial charge in [0.15, 0.2) is 5.96 Å². The van der Waals surface area contributed by atoms with E-state index in [1.165, 1.54) is 0 Å². The molecule has 0 radical (unpaired) electrons. The molecule has 0 atom stereocenters. The number of benzene rings is 1. The number of aryl methyl sites for hydroxylation is 1. The van der Waals surface area contributed by atoms with Gasteiger partial charge in [0.1, 0.15) is 12.2 Å². The Bertz CT molecular complexity index is 852. The monoisotopic (exact) mass is 507 g/mol. The summed E-state index contributed by atoms with van der Waals surface area (Å²) in [7, 11) is -1.64. The van der Waals surface area contributed by atoms with Crippen LogP contribution in [0.1, 0.15) is 18.3 Å². The van der Waals surface area contributed by atoms with Gasteiger partial charge in [-0.05, 0) is 11.6 Å². The Labute approximate surface area is 177 Å². The van der Waals surface area contributed by atoms with Crippen LogP contribution in [0.15, 0.2) is 35.6 Å². The minimum atomic E-state index is -3.33. The maximum Gasteiger partial charge on any atom is 0.229 e. The first kappa shape index (κ1) is 23.1. The van der Waals surface area contributed by atoms with Crippen molar-refractivity contribution in [3.63, 3.8) is 0 Å². The third kappa shape index (κ3) is 7.71.